The molecule has 0 unspecified atom stereocenters. The molecule has 0 bridgehead atoms. The van der Waals surface area contributed by atoms with Gasteiger partial charge in [0.25, 0.3) is 5.91 Å². The molecule has 7 heteroatoms. The summed E-state index contributed by atoms with van der Waals surface area (Å²) in [5, 5.41) is 2.38. The molecule has 0 fully saturated rings. The molecule has 1 amide bonds. The van der Waals surface area contributed by atoms with Gasteiger partial charge in [-0.15, -0.1) is 0 Å². The summed E-state index contributed by atoms with van der Waals surface area (Å²) in [6, 6.07) is 4.83. The van der Waals surface area contributed by atoms with Gasteiger partial charge >= 0.3 is 0 Å². The van der Waals surface area contributed by atoms with E-state index in [9.17, 15) is 18.0 Å². The summed E-state index contributed by atoms with van der Waals surface area (Å²) in [7, 11) is 0. The van der Waals surface area contributed by atoms with Crippen LogP contribution in [0.25, 0.3) is 0 Å². The SMILES string of the molecule is CCO[C@@]1(c2ccc(F)cc2)C(=O)Nc2ncc(F)c(F)c21. The van der Waals surface area contributed by atoms with Crippen LogP contribution in [-0.4, -0.2) is 17.5 Å². The lowest BCUT2D eigenvalue weighted by Gasteiger charge is -2.27. The van der Waals surface area contributed by atoms with Crippen molar-refractivity contribution in [2.45, 2.75) is 12.5 Å². The third-order valence-corrected chi connectivity index (χ3v) is 3.49. The van der Waals surface area contributed by atoms with Gasteiger partial charge in [-0.25, -0.2) is 18.2 Å². The molecule has 1 atom stereocenters. The Balaban J connectivity index is 2.31. The van der Waals surface area contributed by atoms with E-state index < -0.39 is 29.0 Å². The van der Waals surface area contributed by atoms with Crippen molar-refractivity contribution in [1.82, 2.24) is 4.98 Å². The van der Waals surface area contributed by atoms with Crippen LogP contribution >= 0.6 is 0 Å². The average molecular weight is 308 g/mol. The number of nitrogens with one attached hydrogen (secondary N) is 1. The zero-order valence-electron chi connectivity index (χ0n) is 11.5. The van der Waals surface area contributed by atoms with Crippen molar-refractivity contribution < 1.29 is 22.7 Å². The fourth-order valence-corrected chi connectivity index (χ4v) is 2.59. The van der Waals surface area contributed by atoms with Gasteiger partial charge < -0.3 is 10.1 Å². The molecule has 1 aromatic heterocycles. The van der Waals surface area contributed by atoms with Crippen LogP contribution in [0.15, 0.2) is 30.5 Å². The number of fused-ring (bicyclic) bond motifs is 1. The van der Waals surface area contributed by atoms with E-state index in [1.165, 1.54) is 12.1 Å². The van der Waals surface area contributed by atoms with E-state index in [0.717, 1.165) is 12.1 Å². The molecule has 1 aromatic carbocycles. The normalized spacial score (nSPS) is 19.9. The van der Waals surface area contributed by atoms with Crippen molar-refractivity contribution in [3.05, 3.63) is 59.0 Å². The number of carbonyl (C=O) groups excluding carboxylic acids is 1. The number of carbonyl (C=O) groups is 1. The molecule has 1 N–H and O–H groups in total. The Labute approximate surface area is 123 Å². The molecule has 2 heterocycles. The molecule has 22 heavy (non-hydrogen) atoms. The molecular formula is C15H11F3N2O2. The largest absolute Gasteiger partial charge is 0.356 e. The fraction of sp³-hybridized carbons (Fsp3) is 0.200. The Morgan fingerprint density at radius 3 is 2.55 bits per heavy atom. The minimum absolute atomic E-state index is 0.0557. The Bertz CT molecular complexity index is 749. The lowest BCUT2D eigenvalue weighted by atomic mass is 9.87. The predicted octanol–water partition coefficient (Wildman–Crippen LogP) is 2.73. The minimum atomic E-state index is -1.89. The van der Waals surface area contributed by atoms with E-state index in [1.807, 2.05) is 0 Å². The average Bonchev–Trinajstić information content (AvgIpc) is 2.78. The highest BCUT2D eigenvalue weighted by Crippen LogP contribution is 2.44. The van der Waals surface area contributed by atoms with Crippen LogP contribution in [0.4, 0.5) is 19.0 Å². The van der Waals surface area contributed by atoms with Crippen molar-refractivity contribution >= 4 is 11.7 Å². The van der Waals surface area contributed by atoms with Crippen LogP contribution in [0, 0.1) is 17.5 Å². The Hall–Kier alpha value is -2.41. The maximum absolute atomic E-state index is 14.3. The summed E-state index contributed by atoms with van der Waals surface area (Å²) >= 11 is 0. The molecule has 2 aromatic rings. The lowest BCUT2D eigenvalue weighted by molar-refractivity contribution is -0.135. The van der Waals surface area contributed by atoms with Gasteiger partial charge in [0.1, 0.15) is 11.6 Å². The number of ether oxygens (including phenoxy) is 1. The highest BCUT2D eigenvalue weighted by atomic mass is 19.2. The summed E-state index contributed by atoms with van der Waals surface area (Å²) in [5.41, 5.74) is -2.03. The third kappa shape index (κ3) is 1.89. The van der Waals surface area contributed by atoms with Crippen molar-refractivity contribution in [1.29, 1.82) is 0 Å². The summed E-state index contributed by atoms with van der Waals surface area (Å²) in [5.74, 6) is -3.75. The second-order valence-corrected chi connectivity index (χ2v) is 4.72. The van der Waals surface area contributed by atoms with E-state index in [0.29, 0.717) is 6.20 Å². The standard InChI is InChI=1S/C15H11F3N2O2/c1-2-22-15(8-3-5-9(16)6-4-8)11-12(18)10(17)7-19-13(11)20-14(15)21/h3-7H,2H2,1H3,(H,19,20,21)/t15-/m1/s1. The van der Waals surface area contributed by atoms with Gasteiger partial charge in [-0.3, -0.25) is 4.79 Å². The van der Waals surface area contributed by atoms with E-state index in [-0.39, 0.29) is 23.6 Å². The number of hydrogen-bond acceptors (Lipinski definition) is 3. The molecule has 4 nitrogen and oxygen atoms in total. The van der Waals surface area contributed by atoms with Crippen LogP contribution in [0.1, 0.15) is 18.1 Å². The molecule has 114 valence electrons. The molecule has 0 aliphatic carbocycles. The predicted molar refractivity (Wildman–Crippen MR) is 71.6 cm³/mol. The topological polar surface area (TPSA) is 51.2 Å². The summed E-state index contributed by atoms with van der Waals surface area (Å²) in [6.07, 6.45) is 0.682. The molecule has 1 aliphatic heterocycles. The first-order chi connectivity index (χ1) is 10.5. The van der Waals surface area contributed by atoms with Gasteiger partial charge in [-0.05, 0) is 24.6 Å². The second kappa shape index (κ2) is 5.10. The first kappa shape index (κ1) is 14.5. The van der Waals surface area contributed by atoms with Crippen LogP contribution < -0.4 is 5.32 Å². The molecule has 0 spiro atoms. The van der Waals surface area contributed by atoms with Gasteiger partial charge in [0.05, 0.1) is 11.8 Å². The molecule has 0 saturated heterocycles. The van der Waals surface area contributed by atoms with E-state index >= 15 is 0 Å². The van der Waals surface area contributed by atoms with Crippen molar-refractivity contribution in [2.75, 3.05) is 11.9 Å². The molecule has 0 radical (unpaired) electrons. The first-order valence-electron chi connectivity index (χ1n) is 6.56. The smallest absolute Gasteiger partial charge is 0.267 e. The summed E-state index contributed by atoms with van der Waals surface area (Å²) < 4.78 is 46.5. The Morgan fingerprint density at radius 2 is 1.91 bits per heavy atom. The van der Waals surface area contributed by atoms with Crippen molar-refractivity contribution in [3.8, 4) is 0 Å². The van der Waals surface area contributed by atoms with Gasteiger partial charge in [-0.1, -0.05) is 12.1 Å². The quantitative estimate of drug-likeness (QED) is 0.948. The zero-order chi connectivity index (χ0) is 15.9. The Kier molecular flexibility index (Phi) is 3.37. The number of nitrogens with zero attached hydrogens (tertiary/aromatic N) is 1. The number of pyridine rings is 1. The summed E-state index contributed by atoms with van der Waals surface area (Å²) in [6.45, 7) is 1.67. The molecule has 1 aliphatic rings. The number of anilines is 1. The van der Waals surface area contributed by atoms with Gasteiger partial charge in [0.2, 0.25) is 5.60 Å². The monoisotopic (exact) mass is 308 g/mol. The number of hydrogen-bond donors (Lipinski definition) is 1. The fourth-order valence-electron chi connectivity index (χ4n) is 2.59. The van der Waals surface area contributed by atoms with Gasteiger partial charge in [0.15, 0.2) is 11.6 Å². The minimum Gasteiger partial charge on any atom is -0.356 e. The number of amides is 1. The summed E-state index contributed by atoms with van der Waals surface area (Å²) in [4.78, 5) is 16.1. The maximum atomic E-state index is 14.3. The molecule has 0 saturated carbocycles. The van der Waals surface area contributed by atoms with E-state index in [4.69, 9.17) is 4.74 Å². The van der Waals surface area contributed by atoms with Crippen LogP contribution in [0.2, 0.25) is 0 Å². The number of rotatable bonds is 3. The lowest BCUT2D eigenvalue weighted by Crippen LogP contribution is -2.39. The number of halogens is 3. The maximum Gasteiger partial charge on any atom is 0.267 e. The van der Waals surface area contributed by atoms with E-state index in [2.05, 4.69) is 10.3 Å². The first-order valence-corrected chi connectivity index (χ1v) is 6.56. The van der Waals surface area contributed by atoms with Crippen LogP contribution in [0.3, 0.4) is 0 Å². The van der Waals surface area contributed by atoms with Gasteiger partial charge in [-0.2, -0.15) is 0 Å². The van der Waals surface area contributed by atoms with E-state index in [1.54, 1.807) is 6.92 Å². The highest BCUT2D eigenvalue weighted by Gasteiger charge is 2.53. The Morgan fingerprint density at radius 1 is 1.23 bits per heavy atom. The van der Waals surface area contributed by atoms with Crippen molar-refractivity contribution in [2.24, 2.45) is 0 Å². The third-order valence-electron chi connectivity index (χ3n) is 3.49. The molecule has 3 rings (SSSR count). The molecular weight excluding hydrogens is 297 g/mol. The van der Waals surface area contributed by atoms with Crippen LogP contribution in [0.5, 0.6) is 0 Å². The van der Waals surface area contributed by atoms with Gasteiger partial charge in [0, 0.05) is 6.61 Å². The number of benzene rings is 1. The highest BCUT2D eigenvalue weighted by molar-refractivity contribution is 6.06. The zero-order valence-corrected chi connectivity index (χ0v) is 11.5. The van der Waals surface area contributed by atoms with Crippen LogP contribution in [-0.2, 0) is 15.1 Å². The second-order valence-electron chi connectivity index (χ2n) is 4.72. The van der Waals surface area contributed by atoms with Crippen molar-refractivity contribution in [3.63, 3.8) is 0 Å². The number of aromatic nitrogens is 1.